The number of rotatable bonds is 3. The highest BCUT2D eigenvalue weighted by Gasteiger charge is 2.02. The molecule has 0 saturated carbocycles. The SMILES string of the molecule is N#Cc1csc(CCc2cccc(F)c2)n1. The summed E-state index contributed by atoms with van der Waals surface area (Å²) in [5, 5.41) is 11.3. The van der Waals surface area contributed by atoms with E-state index in [4.69, 9.17) is 5.26 Å². The summed E-state index contributed by atoms with van der Waals surface area (Å²) in [7, 11) is 0. The molecule has 0 aliphatic rings. The molecule has 0 atom stereocenters. The molecule has 0 amide bonds. The van der Waals surface area contributed by atoms with E-state index in [1.165, 1.54) is 23.5 Å². The Hall–Kier alpha value is -1.73. The Balaban J connectivity index is 2.00. The van der Waals surface area contributed by atoms with E-state index >= 15 is 0 Å². The Kier molecular flexibility index (Phi) is 3.28. The van der Waals surface area contributed by atoms with Crippen LogP contribution in [0.1, 0.15) is 16.3 Å². The van der Waals surface area contributed by atoms with Crippen molar-refractivity contribution in [3.8, 4) is 6.07 Å². The van der Waals surface area contributed by atoms with Gasteiger partial charge >= 0.3 is 0 Å². The molecule has 0 spiro atoms. The highest BCUT2D eigenvalue weighted by Crippen LogP contribution is 2.13. The topological polar surface area (TPSA) is 36.7 Å². The first-order valence-corrected chi connectivity index (χ1v) is 5.75. The summed E-state index contributed by atoms with van der Waals surface area (Å²) < 4.78 is 12.9. The van der Waals surface area contributed by atoms with Crippen LogP contribution in [0.3, 0.4) is 0 Å². The summed E-state index contributed by atoms with van der Waals surface area (Å²) in [5.74, 6) is -0.214. The molecule has 1 aromatic heterocycles. The summed E-state index contributed by atoms with van der Waals surface area (Å²) in [6.07, 6.45) is 1.49. The van der Waals surface area contributed by atoms with Crippen LogP contribution in [0.15, 0.2) is 29.6 Å². The van der Waals surface area contributed by atoms with Gasteiger partial charge in [-0.25, -0.2) is 9.37 Å². The molecular formula is C12H9FN2S. The number of nitrogens with zero attached hydrogens (tertiary/aromatic N) is 2. The Bertz CT molecular complexity index is 528. The number of benzene rings is 1. The monoisotopic (exact) mass is 232 g/mol. The molecule has 2 nitrogen and oxygen atoms in total. The minimum atomic E-state index is -0.214. The van der Waals surface area contributed by atoms with Crippen LogP contribution in [0, 0.1) is 17.1 Å². The minimum Gasteiger partial charge on any atom is -0.231 e. The van der Waals surface area contributed by atoms with Gasteiger partial charge < -0.3 is 0 Å². The number of aryl methyl sites for hydroxylation is 2. The molecule has 0 fully saturated rings. The van der Waals surface area contributed by atoms with Gasteiger partial charge in [-0.15, -0.1) is 11.3 Å². The van der Waals surface area contributed by atoms with Crippen LogP contribution in [0.5, 0.6) is 0 Å². The molecular weight excluding hydrogens is 223 g/mol. The van der Waals surface area contributed by atoms with E-state index in [0.717, 1.165) is 23.4 Å². The molecule has 4 heteroatoms. The van der Waals surface area contributed by atoms with Gasteiger partial charge in [0.2, 0.25) is 0 Å². The average molecular weight is 232 g/mol. The maximum absolute atomic E-state index is 12.9. The maximum Gasteiger partial charge on any atom is 0.151 e. The van der Waals surface area contributed by atoms with Gasteiger partial charge in [-0.3, -0.25) is 0 Å². The smallest absolute Gasteiger partial charge is 0.151 e. The molecule has 0 saturated heterocycles. The molecule has 1 heterocycles. The fourth-order valence-electron chi connectivity index (χ4n) is 1.42. The lowest BCUT2D eigenvalue weighted by molar-refractivity contribution is 0.625. The van der Waals surface area contributed by atoms with Crippen LogP contribution < -0.4 is 0 Å². The van der Waals surface area contributed by atoms with Crippen LogP contribution in [-0.4, -0.2) is 4.98 Å². The van der Waals surface area contributed by atoms with Crippen molar-refractivity contribution in [3.05, 3.63) is 51.7 Å². The third kappa shape index (κ3) is 2.65. The van der Waals surface area contributed by atoms with Crippen LogP contribution in [0.4, 0.5) is 4.39 Å². The highest BCUT2D eigenvalue weighted by atomic mass is 32.1. The van der Waals surface area contributed by atoms with Crippen molar-refractivity contribution in [2.45, 2.75) is 12.8 Å². The van der Waals surface area contributed by atoms with Gasteiger partial charge in [0.05, 0.1) is 5.01 Å². The molecule has 80 valence electrons. The second-order valence-corrected chi connectivity index (χ2v) is 4.31. The fraction of sp³-hybridized carbons (Fsp3) is 0.167. The van der Waals surface area contributed by atoms with Crippen molar-refractivity contribution in [2.24, 2.45) is 0 Å². The highest BCUT2D eigenvalue weighted by molar-refractivity contribution is 7.09. The van der Waals surface area contributed by atoms with Gasteiger partial charge in [-0.1, -0.05) is 12.1 Å². The molecule has 2 rings (SSSR count). The van der Waals surface area contributed by atoms with Crippen LogP contribution in [0.2, 0.25) is 0 Å². The standard InChI is InChI=1S/C12H9FN2S/c13-10-3-1-2-9(6-10)4-5-12-15-11(7-14)8-16-12/h1-3,6,8H,4-5H2. The molecule has 0 aliphatic heterocycles. The first-order valence-electron chi connectivity index (χ1n) is 4.87. The predicted octanol–water partition coefficient (Wildman–Crippen LogP) is 2.94. The van der Waals surface area contributed by atoms with Crippen LogP contribution in [0.25, 0.3) is 0 Å². The lowest BCUT2D eigenvalue weighted by atomic mass is 10.1. The van der Waals surface area contributed by atoms with E-state index in [1.807, 2.05) is 12.1 Å². The minimum absolute atomic E-state index is 0.214. The van der Waals surface area contributed by atoms with Gasteiger partial charge in [0, 0.05) is 11.8 Å². The molecule has 2 aromatic rings. The fourth-order valence-corrected chi connectivity index (χ4v) is 2.14. The number of nitriles is 1. The normalized spacial score (nSPS) is 10.0. The van der Waals surface area contributed by atoms with Crippen molar-refractivity contribution in [2.75, 3.05) is 0 Å². The van der Waals surface area contributed by atoms with E-state index in [-0.39, 0.29) is 5.82 Å². The quantitative estimate of drug-likeness (QED) is 0.815. The number of hydrogen-bond donors (Lipinski definition) is 0. The first kappa shape index (κ1) is 10.8. The summed E-state index contributed by atoms with van der Waals surface area (Å²) in [6, 6.07) is 8.54. The lowest BCUT2D eigenvalue weighted by Crippen LogP contribution is -1.91. The number of thiazole rings is 1. The van der Waals surface area contributed by atoms with Crippen molar-refractivity contribution in [1.29, 1.82) is 5.26 Å². The molecule has 0 radical (unpaired) electrons. The second-order valence-electron chi connectivity index (χ2n) is 3.37. The largest absolute Gasteiger partial charge is 0.231 e. The summed E-state index contributed by atoms with van der Waals surface area (Å²) in [6.45, 7) is 0. The van der Waals surface area contributed by atoms with Crippen molar-refractivity contribution in [3.63, 3.8) is 0 Å². The molecule has 0 unspecified atom stereocenters. The third-order valence-electron chi connectivity index (χ3n) is 2.18. The Morgan fingerprint density at radius 2 is 2.25 bits per heavy atom. The summed E-state index contributed by atoms with van der Waals surface area (Å²) in [4.78, 5) is 4.13. The molecule has 0 bridgehead atoms. The van der Waals surface area contributed by atoms with E-state index in [0.29, 0.717) is 5.69 Å². The van der Waals surface area contributed by atoms with E-state index in [1.54, 1.807) is 11.4 Å². The van der Waals surface area contributed by atoms with Crippen molar-refractivity contribution >= 4 is 11.3 Å². The lowest BCUT2D eigenvalue weighted by Gasteiger charge is -1.98. The Labute approximate surface area is 97.0 Å². The Morgan fingerprint density at radius 3 is 2.94 bits per heavy atom. The second kappa shape index (κ2) is 4.86. The molecule has 16 heavy (non-hydrogen) atoms. The van der Waals surface area contributed by atoms with Crippen LogP contribution >= 0.6 is 11.3 Å². The first-order chi connectivity index (χ1) is 7.78. The van der Waals surface area contributed by atoms with Crippen molar-refractivity contribution < 1.29 is 4.39 Å². The third-order valence-corrected chi connectivity index (χ3v) is 3.09. The number of hydrogen-bond acceptors (Lipinski definition) is 3. The van der Waals surface area contributed by atoms with Gasteiger partial charge in [0.1, 0.15) is 11.9 Å². The zero-order chi connectivity index (χ0) is 11.4. The summed E-state index contributed by atoms with van der Waals surface area (Å²) in [5.41, 5.74) is 1.41. The summed E-state index contributed by atoms with van der Waals surface area (Å²) >= 11 is 1.47. The van der Waals surface area contributed by atoms with Gasteiger partial charge in [0.15, 0.2) is 5.69 Å². The van der Waals surface area contributed by atoms with E-state index < -0.39 is 0 Å². The number of halogens is 1. The van der Waals surface area contributed by atoms with Gasteiger partial charge in [-0.05, 0) is 24.1 Å². The van der Waals surface area contributed by atoms with Gasteiger partial charge in [0.25, 0.3) is 0 Å². The molecule has 0 N–H and O–H groups in total. The van der Waals surface area contributed by atoms with Gasteiger partial charge in [-0.2, -0.15) is 5.26 Å². The Morgan fingerprint density at radius 1 is 1.38 bits per heavy atom. The zero-order valence-corrected chi connectivity index (χ0v) is 9.30. The van der Waals surface area contributed by atoms with E-state index in [9.17, 15) is 4.39 Å². The predicted molar refractivity (Wildman–Crippen MR) is 60.6 cm³/mol. The number of aromatic nitrogens is 1. The van der Waals surface area contributed by atoms with E-state index in [2.05, 4.69) is 4.98 Å². The van der Waals surface area contributed by atoms with Crippen molar-refractivity contribution in [1.82, 2.24) is 4.98 Å². The van der Waals surface area contributed by atoms with Crippen LogP contribution in [-0.2, 0) is 12.8 Å². The molecule has 0 aliphatic carbocycles. The maximum atomic E-state index is 12.9. The zero-order valence-electron chi connectivity index (χ0n) is 8.48. The average Bonchev–Trinajstić information content (AvgIpc) is 2.74. The molecule has 1 aromatic carbocycles.